The number of halogens is 3. The van der Waals surface area contributed by atoms with E-state index in [1.165, 1.54) is 6.07 Å². The van der Waals surface area contributed by atoms with Crippen molar-refractivity contribution in [1.29, 1.82) is 0 Å². The summed E-state index contributed by atoms with van der Waals surface area (Å²) in [6.07, 6.45) is -0.390. The van der Waals surface area contributed by atoms with Crippen molar-refractivity contribution in [1.82, 2.24) is 24.6 Å². The lowest BCUT2D eigenvalue weighted by molar-refractivity contribution is -0.286. The predicted octanol–water partition coefficient (Wildman–Crippen LogP) is 2.58. The number of alkyl halides is 2. The van der Waals surface area contributed by atoms with Gasteiger partial charge in [-0.1, -0.05) is 6.07 Å². The van der Waals surface area contributed by atoms with Crippen LogP contribution in [-0.4, -0.2) is 32.2 Å². The highest BCUT2D eigenvalue weighted by Gasteiger charge is 2.45. The highest BCUT2D eigenvalue weighted by Crippen LogP contribution is 2.45. The maximum atomic E-state index is 13.4. The molecule has 2 aromatic heterocycles. The van der Waals surface area contributed by atoms with Crippen LogP contribution in [0.15, 0.2) is 36.7 Å². The lowest BCUT2D eigenvalue weighted by atomic mass is 10.2. The van der Waals surface area contributed by atoms with Crippen LogP contribution in [0.3, 0.4) is 0 Å². The van der Waals surface area contributed by atoms with Crippen molar-refractivity contribution in [3.63, 3.8) is 0 Å². The molecule has 0 saturated carbocycles. The number of hydrogen-bond donors (Lipinski definition) is 1. The summed E-state index contributed by atoms with van der Waals surface area (Å²) in [6.45, 7) is 2.37. The summed E-state index contributed by atoms with van der Waals surface area (Å²) in [5.41, 5.74) is 2.15. The van der Waals surface area contributed by atoms with Crippen molar-refractivity contribution in [3.05, 3.63) is 42.4 Å². The Kier molecular flexibility index (Phi) is 3.85. The van der Waals surface area contributed by atoms with Crippen LogP contribution >= 0.6 is 12.4 Å². The quantitative estimate of drug-likeness (QED) is 0.739. The van der Waals surface area contributed by atoms with Crippen molar-refractivity contribution >= 4 is 12.4 Å². The third kappa shape index (κ3) is 2.60. The second kappa shape index (κ2) is 5.96. The molecule has 4 heterocycles. The third-order valence-electron chi connectivity index (χ3n) is 4.21. The lowest BCUT2D eigenvalue weighted by Gasteiger charge is -2.13. The van der Waals surface area contributed by atoms with E-state index >= 15 is 0 Å². The van der Waals surface area contributed by atoms with Crippen LogP contribution < -0.4 is 14.8 Å². The molecular weight excluding hydrogens is 368 g/mol. The fourth-order valence-corrected chi connectivity index (χ4v) is 3.13. The molecule has 3 aromatic rings. The first-order valence-corrected chi connectivity index (χ1v) is 7.81. The molecule has 0 fully saturated rings. The van der Waals surface area contributed by atoms with Crippen LogP contribution in [0.5, 0.6) is 11.5 Å². The standard InChI is InChI=1S/C16H13F2N5O2.ClH/c17-16(18)24-13-3-1-2-12(14(13)25-16)22-6-5-20-15(22)11-8-10-9-19-4-7-23(10)21-11;/h1-3,5-6,8,19H,4,7,9H2;1H. The van der Waals surface area contributed by atoms with E-state index in [9.17, 15) is 8.78 Å². The molecule has 7 nitrogen and oxygen atoms in total. The molecule has 26 heavy (non-hydrogen) atoms. The molecule has 10 heteroatoms. The third-order valence-corrected chi connectivity index (χ3v) is 4.21. The van der Waals surface area contributed by atoms with Gasteiger partial charge in [-0.2, -0.15) is 5.10 Å². The number of para-hydroxylation sites is 1. The summed E-state index contributed by atoms with van der Waals surface area (Å²) < 4.78 is 39.7. The van der Waals surface area contributed by atoms with Gasteiger partial charge in [0.25, 0.3) is 0 Å². The first-order valence-electron chi connectivity index (χ1n) is 7.81. The normalized spacial score (nSPS) is 16.8. The Labute approximate surface area is 153 Å². The molecule has 5 rings (SSSR count). The van der Waals surface area contributed by atoms with E-state index in [0.29, 0.717) is 17.2 Å². The minimum Gasteiger partial charge on any atom is -0.395 e. The number of aromatic nitrogens is 4. The molecule has 2 aliphatic heterocycles. The summed E-state index contributed by atoms with van der Waals surface area (Å²) in [4.78, 5) is 4.35. The van der Waals surface area contributed by atoms with Crippen LogP contribution in [0.4, 0.5) is 8.78 Å². The van der Waals surface area contributed by atoms with E-state index in [1.807, 2.05) is 10.7 Å². The van der Waals surface area contributed by atoms with Gasteiger partial charge in [-0.25, -0.2) is 4.98 Å². The zero-order chi connectivity index (χ0) is 17.0. The van der Waals surface area contributed by atoms with Gasteiger partial charge < -0.3 is 14.8 Å². The molecule has 1 aromatic carbocycles. The second-order valence-corrected chi connectivity index (χ2v) is 5.81. The molecule has 0 saturated heterocycles. The van der Waals surface area contributed by atoms with Gasteiger partial charge in [0.1, 0.15) is 5.69 Å². The number of nitrogens with zero attached hydrogens (tertiary/aromatic N) is 4. The van der Waals surface area contributed by atoms with Crippen LogP contribution in [0.25, 0.3) is 17.2 Å². The van der Waals surface area contributed by atoms with Gasteiger partial charge in [0.05, 0.1) is 17.9 Å². The van der Waals surface area contributed by atoms with Gasteiger partial charge in [0, 0.05) is 25.5 Å². The summed E-state index contributed by atoms with van der Waals surface area (Å²) in [6, 6.07) is 6.69. The van der Waals surface area contributed by atoms with Crippen molar-refractivity contribution < 1.29 is 18.3 Å². The van der Waals surface area contributed by atoms with Crippen molar-refractivity contribution in [2.24, 2.45) is 0 Å². The van der Waals surface area contributed by atoms with E-state index in [4.69, 9.17) is 0 Å². The first kappa shape index (κ1) is 16.8. The summed E-state index contributed by atoms with van der Waals surface area (Å²) >= 11 is 0. The van der Waals surface area contributed by atoms with Crippen LogP contribution in [0.1, 0.15) is 5.69 Å². The van der Waals surface area contributed by atoms with Crippen LogP contribution in [-0.2, 0) is 13.1 Å². The maximum absolute atomic E-state index is 13.4. The molecule has 136 valence electrons. The maximum Gasteiger partial charge on any atom is 0.586 e. The van der Waals surface area contributed by atoms with E-state index in [-0.39, 0.29) is 23.9 Å². The highest BCUT2D eigenvalue weighted by molar-refractivity contribution is 5.85. The zero-order valence-corrected chi connectivity index (χ0v) is 14.2. The molecular formula is C16H14ClF2N5O2. The predicted molar refractivity (Wildman–Crippen MR) is 89.9 cm³/mol. The Hall–Kier alpha value is -2.65. The summed E-state index contributed by atoms with van der Waals surface area (Å²) in [5, 5.41) is 7.86. The molecule has 2 aliphatic rings. The summed E-state index contributed by atoms with van der Waals surface area (Å²) in [7, 11) is 0. The smallest absolute Gasteiger partial charge is 0.395 e. The van der Waals surface area contributed by atoms with E-state index in [2.05, 4.69) is 24.9 Å². The Bertz CT molecular complexity index is 948. The van der Waals surface area contributed by atoms with Gasteiger partial charge >= 0.3 is 6.29 Å². The van der Waals surface area contributed by atoms with E-state index < -0.39 is 6.29 Å². The van der Waals surface area contributed by atoms with Gasteiger partial charge in [-0.3, -0.25) is 9.25 Å². The van der Waals surface area contributed by atoms with Crippen LogP contribution in [0, 0.1) is 0 Å². The SMILES string of the molecule is Cl.FC1(F)Oc2cccc(-n3ccnc3-c3cc4n(n3)CCNC4)c2O1. The average Bonchev–Trinajstić information content (AvgIpc) is 3.28. The Morgan fingerprint density at radius 1 is 1.23 bits per heavy atom. The lowest BCUT2D eigenvalue weighted by Crippen LogP contribution is -2.28. The van der Waals surface area contributed by atoms with E-state index in [1.54, 1.807) is 29.1 Å². The fraction of sp³-hybridized carbons (Fsp3) is 0.250. The average molecular weight is 382 g/mol. The minimum absolute atomic E-state index is 0. The number of nitrogens with one attached hydrogen (secondary N) is 1. The molecule has 0 radical (unpaired) electrons. The molecule has 0 spiro atoms. The topological polar surface area (TPSA) is 66.1 Å². The number of benzene rings is 1. The monoisotopic (exact) mass is 381 g/mol. The van der Waals surface area contributed by atoms with Gasteiger partial charge in [0.15, 0.2) is 17.3 Å². The molecule has 0 aliphatic carbocycles. The van der Waals surface area contributed by atoms with Gasteiger partial charge in [0.2, 0.25) is 0 Å². The highest BCUT2D eigenvalue weighted by atomic mass is 35.5. The van der Waals surface area contributed by atoms with Crippen molar-refractivity contribution in [3.8, 4) is 28.7 Å². The number of hydrogen-bond acceptors (Lipinski definition) is 5. The Morgan fingerprint density at radius 3 is 2.96 bits per heavy atom. The van der Waals surface area contributed by atoms with Crippen LogP contribution in [0.2, 0.25) is 0 Å². The molecule has 1 N–H and O–H groups in total. The fourth-order valence-electron chi connectivity index (χ4n) is 3.13. The zero-order valence-electron chi connectivity index (χ0n) is 13.4. The number of rotatable bonds is 2. The molecule has 0 amide bonds. The largest absolute Gasteiger partial charge is 0.586 e. The summed E-state index contributed by atoms with van der Waals surface area (Å²) in [5.74, 6) is 0.530. The molecule has 0 bridgehead atoms. The minimum atomic E-state index is -3.67. The van der Waals surface area contributed by atoms with Gasteiger partial charge in [-0.15, -0.1) is 21.2 Å². The number of imidazole rings is 1. The van der Waals surface area contributed by atoms with Crippen molar-refractivity contribution in [2.45, 2.75) is 19.4 Å². The molecule has 0 atom stereocenters. The van der Waals surface area contributed by atoms with Gasteiger partial charge in [-0.05, 0) is 18.2 Å². The number of fused-ring (bicyclic) bond motifs is 2. The Morgan fingerprint density at radius 2 is 2.12 bits per heavy atom. The molecule has 0 unspecified atom stereocenters. The number of ether oxygens (including phenoxy) is 2. The van der Waals surface area contributed by atoms with E-state index in [0.717, 1.165) is 25.3 Å². The first-order chi connectivity index (χ1) is 12.1. The Balaban J connectivity index is 0.00000168. The second-order valence-electron chi connectivity index (χ2n) is 5.81. The van der Waals surface area contributed by atoms with Crippen molar-refractivity contribution in [2.75, 3.05) is 6.54 Å².